The van der Waals surface area contributed by atoms with Crippen LogP contribution in [0.2, 0.25) is 0 Å². The number of amides is 1. The van der Waals surface area contributed by atoms with Gasteiger partial charge in [0.2, 0.25) is 0 Å². The minimum absolute atomic E-state index is 0. The van der Waals surface area contributed by atoms with E-state index in [1.165, 1.54) is 0 Å². The van der Waals surface area contributed by atoms with Gasteiger partial charge in [-0.3, -0.25) is 4.79 Å². The van der Waals surface area contributed by atoms with Gasteiger partial charge in [0, 0.05) is 13.1 Å². The number of hydrogen-bond acceptors (Lipinski definition) is 5. The smallest absolute Gasteiger partial charge is 0.273 e. The molecule has 1 aromatic heterocycles. The lowest BCUT2D eigenvalue weighted by atomic mass is 10.2. The second-order valence-electron chi connectivity index (χ2n) is 5.36. The van der Waals surface area contributed by atoms with E-state index in [1.807, 2.05) is 45.0 Å². The summed E-state index contributed by atoms with van der Waals surface area (Å²) in [7, 11) is 0. The molecule has 0 saturated carbocycles. The third kappa shape index (κ3) is 4.69. The molecular weight excluding hydrogens is 330 g/mol. The van der Waals surface area contributed by atoms with Gasteiger partial charge in [0.15, 0.2) is 5.69 Å². The Labute approximate surface area is 148 Å². The van der Waals surface area contributed by atoms with Crippen LogP contribution in [-0.4, -0.2) is 40.1 Å². The number of carbonyl (C=O) groups excluding carboxylic acids is 1. The zero-order chi connectivity index (χ0) is 16.8. The average Bonchev–Trinajstić information content (AvgIpc) is 2.96. The third-order valence-electron chi connectivity index (χ3n) is 3.20. The van der Waals surface area contributed by atoms with Crippen molar-refractivity contribution in [1.29, 1.82) is 0 Å². The lowest BCUT2D eigenvalue weighted by Gasteiger charge is -2.11. The number of carbonyl (C=O) groups is 1. The highest BCUT2D eigenvalue weighted by molar-refractivity contribution is 5.93. The summed E-state index contributed by atoms with van der Waals surface area (Å²) >= 11 is 0. The largest absolute Gasteiger partial charge is 0.491 e. The fourth-order valence-corrected chi connectivity index (χ4v) is 2.21. The number of nitrogens with one attached hydrogen (secondary N) is 1. The zero-order valence-corrected chi connectivity index (χ0v) is 15.0. The van der Waals surface area contributed by atoms with Gasteiger partial charge in [0.25, 0.3) is 5.91 Å². The van der Waals surface area contributed by atoms with E-state index in [9.17, 15) is 4.79 Å². The van der Waals surface area contributed by atoms with Crippen LogP contribution in [0.4, 0.5) is 0 Å². The Morgan fingerprint density at radius 2 is 2.00 bits per heavy atom. The molecule has 24 heavy (non-hydrogen) atoms. The van der Waals surface area contributed by atoms with Crippen molar-refractivity contribution < 1.29 is 9.53 Å². The summed E-state index contributed by atoms with van der Waals surface area (Å²) in [5.41, 5.74) is 7.34. The summed E-state index contributed by atoms with van der Waals surface area (Å²) in [6.45, 7) is 6.72. The molecule has 0 aliphatic carbocycles. The molecule has 3 N–H and O–H groups in total. The van der Waals surface area contributed by atoms with Crippen molar-refractivity contribution in [1.82, 2.24) is 20.3 Å². The molecule has 0 fully saturated rings. The topological polar surface area (TPSA) is 95.1 Å². The number of halogens is 1. The first kappa shape index (κ1) is 19.9. The Hall–Kier alpha value is -2.12. The van der Waals surface area contributed by atoms with Gasteiger partial charge in [-0.2, -0.15) is 0 Å². The maximum Gasteiger partial charge on any atom is 0.273 e. The molecule has 0 spiro atoms. The van der Waals surface area contributed by atoms with E-state index in [4.69, 9.17) is 10.5 Å². The van der Waals surface area contributed by atoms with Crippen molar-refractivity contribution in [3.63, 3.8) is 0 Å². The number of aromatic nitrogens is 3. The van der Waals surface area contributed by atoms with E-state index in [1.54, 1.807) is 4.68 Å². The Kier molecular flexibility index (Phi) is 7.67. The molecule has 0 unspecified atom stereocenters. The van der Waals surface area contributed by atoms with Gasteiger partial charge >= 0.3 is 0 Å². The molecule has 2 rings (SSSR count). The maximum atomic E-state index is 12.1. The molecule has 1 heterocycles. The molecular formula is C16H24ClN5O2. The fraction of sp³-hybridized carbons (Fsp3) is 0.438. The van der Waals surface area contributed by atoms with Crippen molar-refractivity contribution in [2.45, 2.75) is 33.3 Å². The van der Waals surface area contributed by atoms with Crippen LogP contribution in [0.25, 0.3) is 5.69 Å². The van der Waals surface area contributed by atoms with Crippen molar-refractivity contribution in [3.8, 4) is 11.4 Å². The highest BCUT2D eigenvalue weighted by atomic mass is 35.5. The number of ether oxygens (including phenoxy) is 1. The first-order valence-electron chi connectivity index (χ1n) is 7.76. The van der Waals surface area contributed by atoms with Gasteiger partial charge in [0.1, 0.15) is 5.75 Å². The van der Waals surface area contributed by atoms with E-state index in [0.717, 1.165) is 17.1 Å². The van der Waals surface area contributed by atoms with Crippen molar-refractivity contribution in [2.24, 2.45) is 5.73 Å². The molecule has 0 saturated heterocycles. The van der Waals surface area contributed by atoms with Crippen molar-refractivity contribution in [3.05, 3.63) is 35.7 Å². The number of hydrogen-bond donors (Lipinski definition) is 2. The summed E-state index contributed by atoms with van der Waals surface area (Å²) in [5.74, 6) is 0.543. The summed E-state index contributed by atoms with van der Waals surface area (Å²) in [5, 5.41) is 10.8. The maximum absolute atomic E-state index is 12.1. The Balaban J connectivity index is 0.00000288. The molecule has 7 nitrogen and oxygen atoms in total. The molecule has 2 aromatic rings. The lowest BCUT2D eigenvalue weighted by Crippen LogP contribution is -2.30. The standard InChI is InChI=1S/C16H23N5O2.ClH/c1-4-14-15(16(22)18-10-9-17)19-20-21(14)12-5-7-13(8-6-12)23-11(2)3;/h5-8,11H,4,9-10,17H2,1-3H3,(H,18,22);1H. The molecule has 1 amide bonds. The van der Waals surface area contributed by atoms with Gasteiger partial charge in [-0.05, 0) is 44.5 Å². The van der Waals surface area contributed by atoms with Gasteiger partial charge < -0.3 is 15.8 Å². The number of nitrogens with two attached hydrogens (primary N) is 1. The third-order valence-corrected chi connectivity index (χ3v) is 3.20. The van der Waals surface area contributed by atoms with Crippen LogP contribution in [0, 0.1) is 0 Å². The summed E-state index contributed by atoms with van der Waals surface area (Å²) in [6.07, 6.45) is 0.763. The van der Waals surface area contributed by atoms with Gasteiger partial charge in [-0.15, -0.1) is 17.5 Å². The molecule has 132 valence electrons. The number of nitrogens with zero attached hydrogens (tertiary/aromatic N) is 3. The first-order valence-corrected chi connectivity index (χ1v) is 7.76. The SMILES string of the molecule is CCc1c(C(=O)NCCN)nnn1-c1ccc(OC(C)C)cc1.Cl. The molecule has 0 bridgehead atoms. The van der Waals surface area contributed by atoms with Gasteiger partial charge in [0.05, 0.1) is 17.5 Å². The zero-order valence-electron chi connectivity index (χ0n) is 14.2. The molecule has 0 aliphatic heterocycles. The molecule has 0 radical (unpaired) electrons. The minimum Gasteiger partial charge on any atom is -0.491 e. The second kappa shape index (κ2) is 9.24. The number of benzene rings is 1. The van der Waals surface area contributed by atoms with E-state index in [0.29, 0.717) is 25.2 Å². The van der Waals surface area contributed by atoms with Crippen molar-refractivity contribution in [2.75, 3.05) is 13.1 Å². The van der Waals surface area contributed by atoms with Crippen molar-refractivity contribution >= 4 is 18.3 Å². The van der Waals surface area contributed by atoms with Crippen LogP contribution >= 0.6 is 12.4 Å². The van der Waals surface area contributed by atoms with E-state index < -0.39 is 0 Å². The van der Waals surface area contributed by atoms with E-state index in [2.05, 4.69) is 15.6 Å². The lowest BCUT2D eigenvalue weighted by molar-refractivity contribution is 0.0948. The van der Waals surface area contributed by atoms with Crippen LogP contribution < -0.4 is 15.8 Å². The highest BCUT2D eigenvalue weighted by Crippen LogP contribution is 2.18. The first-order chi connectivity index (χ1) is 11.1. The highest BCUT2D eigenvalue weighted by Gasteiger charge is 2.18. The number of rotatable bonds is 7. The second-order valence-corrected chi connectivity index (χ2v) is 5.36. The predicted octanol–water partition coefficient (Wildman–Crippen LogP) is 1.73. The normalized spacial score (nSPS) is 10.4. The van der Waals surface area contributed by atoms with Crippen LogP contribution in [0.15, 0.2) is 24.3 Å². The Morgan fingerprint density at radius 3 is 2.54 bits per heavy atom. The molecule has 0 atom stereocenters. The molecule has 1 aromatic carbocycles. The average molecular weight is 354 g/mol. The molecule has 8 heteroatoms. The van der Waals surface area contributed by atoms with E-state index >= 15 is 0 Å². The monoisotopic (exact) mass is 353 g/mol. The summed E-state index contributed by atoms with van der Waals surface area (Å²) in [4.78, 5) is 12.1. The Morgan fingerprint density at radius 1 is 1.33 bits per heavy atom. The predicted molar refractivity (Wildman–Crippen MR) is 95.1 cm³/mol. The molecule has 0 aliphatic rings. The summed E-state index contributed by atoms with van der Waals surface area (Å²) in [6, 6.07) is 7.55. The van der Waals surface area contributed by atoms with Gasteiger partial charge in [-0.25, -0.2) is 4.68 Å². The van der Waals surface area contributed by atoms with Crippen LogP contribution in [0.3, 0.4) is 0 Å². The van der Waals surface area contributed by atoms with E-state index in [-0.39, 0.29) is 24.4 Å². The quantitative estimate of drug-likeness (QED) is 0.790. The van der Waals surface area contributed by atoms with Gasteiger partial charge in [-0.1, -0.05) is 12.1 Å². The minimum atomic E-state index is -0.252. The fourth-order valence-electron chi connectivity index (χ4n) is 2.21. The van der Waals surface area contributed by atoms with Crippen LogP contribution in [0.1, 0.15) is 37.0 Å². The summed E-state index contributed by atoms with van der Waals surface area (Å²) < 4.78 is 7.31. The van der Waals surface area contributed by atoms with Crippen LogP contribution in [-0.2, 0) is 6.42 Å². The Bertz CT molecular complexity index is 655. The van der Waals surface area contributed by atoms with Crippen LogP contribution in [0.5, 0.6) is 5.75 Å².